The number of anilines is 2. The van der Waals surface area contributed by atoms with E-state index in [0.29, 0.717) is 39.9 Å². The molecule has 0 radical (unpaired) electrons. The summed E-state index contributed by atoms with van der Waals surface area (Å²) in [5, 5.41) is 5.69. The zero-order valence-electron chi connectivity index (χ0n) is 18.6. The zero-order valence-corrected chi connectivity index (χ0v) is 18.6. The second kappa shape index (κ2) is 11.9. The molecule has 0 saturated carbocycles. The zero-order chi connectivity index (χ0) is 23.5. The molecule has 0 aromatic heterocycles. The van der Waals surface area contributed by atoms with Gasteiger partial charge in [0.2, 0.25) is 5.91 Å². The summed E-state index contributed by atoms with van der Waals surface area (Å²) in [6, 6.07) is 8.44. The molecule has 2 aromatic rings. The van der Waals surface area contributed by atoms with Gasteiger partial charge in [0.05, 0.1) is 46.8 Å². The highest BCUT2D eigenvalue weighted by molar-refractivity contribution is 6.02. The van der Waals surface area contributed by atoms with Crippen LogP contribution in [0.4, 0.5) is 11.4 Å². The number of methoxy groups -OCH3 is 5. The summed E-state index contributed by atoms with van der Waals surface area (Å²) in [7, 11) is 7.38. The van der Waals surface area contributed by atoms with E-state index in [1.165, 1.54) is 46.8 Å². The molecule has 9 heteroatoms. The molecular weight excluding hydrogens is 416 g/mol. The summed E-state index contributed by atoms with van der Waals surface area (Å²) in [5.41, 5.74) is 1.66. The summed E-state index contributed by atoms with van der Waals surface area (Å²) >= 11 is 0. The third kappa shape index (κ3) is 6.43. The van der Waals surface area contributed by atoms with Gasteiger partial charge in [0, 0.05) is 36.2 Å². The molecule has 1 amide bonds. The number of carbonyl (C=O) groups is 2. The van der Waals surface area contributed by atoms with E-state index in [-0.39, 0.29) is 5.91 Å². The lowest BCUT2D eigenvalue weighted by atomic mass is 10.1. The van der Waals surface area contributed by atoms with E-state index in [0.717, 1.165) is 0 Å². The van der Waals surface area contributed by atoms with Crippen molar-refractivity contribution in [2.75, 3.05) is 46.2 Å². The van der Waals surface area contributed by atoms with Crippen molar-refractivity contribution in [2.45, 2.75) is 0 Å². The van der Waals surface area contributed by atoms with Crippen LogP contribution in [0.3, 0.4) is 0 Å². The van der Waals surface area contributed by atoms with E-state index in [2.05, 4.69) is 15.4 Å². The molecule has 9 nitrogen and oxygen atoms in total. The average molecular weight is 442 g/mol. The Morgan fingerprint density at radius 1 is 0.812 bits per heavy atom. The third-order valence-corrected chi connectivity index (χ3v) is 4.28. The molecule has 32 heavy (non-hydrogen) atoms. The van der Waals surface area contributed by atoms with E-state index in [4.69, 9.17) is 18.9 Å². The standard InChI is InChI=1S/C23H26N2O7/c1-28-16-13-20(30-3)17(21(14-16)31-4)7-9-22(26)25-15-6-8-19(29-2)18(12-15)24-11-10-23(27)32-5/h6-14,24H,1-5H3,(H,25,26)/b9-7+,11-10+. The number of carbonyl (C=O) groups excluding carboxylic acids is 2. The highest BCUT2D eigenvalue weighted by atomic mass is 16.5. The topological polar surface area (TPSA) is 104 Å². The Morgan fingerprint density at radius 2 is 1.47 bits per heavy atom. The smallest absolute Gasteiger partial charge is 0.331 e. The van der Waals surface area contributed by atoms with Crippen LogP contribution in [0, 0.1) is 0 Å². The molecule has 2 aromatic carbocycles. The molecule has 0 bridgehead atoms. The Kier molecular flexibility index (Phi) is 8.97. The highest BCUT2D eigenvalue weighted by Gasteiger charge is 2.12. The molecule has 0 atom stereocenters. The van der Waals surface area contributed by atoms with E-state index in [9.17, 15) is 9.59 Å². The molecule has 0 aliphatic carbocycles. The maximum absolute atomic E-state index is 12.5. The fraction of sp³-hybridized carbons (Fsp3) is 0.217. The number of esters is 1. The van der Waals surface area contributed by atoms with E-state index in [1.54, 1.807) is 43.5 Å². The molecule has 0 heterocycles. The van der Waals surface area contributed by atoms with Crippen molar-refractivity contribution in [3.63, 3.8) is 0 Å². The van der Waals surface area contributed by atoms with Gasteiger partial charge < -0.3 is 34.3 Å². The van der Waals surface area contributed by atoms with Crippen LogP contribution in [0.15, 0.2) is 48.7 Å². The van der Waals surface area contributed by atoms with Gasteiger partial charge in [0.15, 0.2) is 0 Å². The first-order valence-electron chi connectivity index (χ1n) is 9.43. The van der Waals surface area contributed by atoms with Gasteiger partial charge in [-0.15, -0.1) is 0 Å². The minimum absolute atomic E-state index is 0.369. The highest BCUT2D eigenvalue weighted by Crippen LogP contribution is 2.35. The molecule has 170 valence electrons. The number of nitrogens with one attached hydrogen (secondary N) is 2. The molecule has 0 unspecified atom stereocenters. The number of ether oxygens (including phenoxy) is 5. The van der Waals surface area contributed by atoms with Gasteiger partial charge in [-0.2, -0.15) is 0 Å². The Balaban J connectivity index is 2.19. The number of rotatable bonds is 10. The van der Waals surface area contributed by atoms with Gasteiger partial charge in [-0.25, -0.2) is 4.79 Å². The third-order valence-electron chi connectivity index (χ3n) is 4.28. The lowest BCUT2D eigenvalue weighted by molar-refractivity contribution is -0.134. The molecular formula is C23H26N2O7. The van der Waals surface area contributed by atoms with Gasteiger partial charge in [-0.3, -0.25) is 4.79 Å². The van der Waals surface area contributed by atoms with Crippen LogP contribution in [0.1, 0.15) is 5.56 Å². The van der Waals surface area contributed by atoms with Gasteiger partial charge in [-0.1, -0.05) is 0 Å². The Morgan fingerprint density at radius 3 is 2.03 bits per heavy atom. The molecule has 2 N–H and O–H groups in total. The van der Waals surface area contributed by atoms with Crippen LogP contribution in [0.5, 0.6) is 23.0 Å². The summed E-state index contributed by atoms with van der Waals surface area (Å²) in [6.07, 6.45) is 5.59. The van der Waals surface area contributed by atoms with Crippen molar-refractivity contribution in [3.8, 4) is 23.0 Å². The largest absolute Gasteiger partial charge is 0.496 e. The van der Waals surface area contributed by atoms with Crippen molar-refractivity contribution in [1.82, 2.24) is 0 Å². The molecule has 0 aliphatic rings. The maximum atomic E-state index is 12.5. The lowest BCUT2D eigenvalue weighted by Crippen LogP contribution is -2.08. The molecule has 0 aliphatic heterocycles. The van der Waals surface area contributed by atoms with E-state index < -0.39 is 5.97 Å². The number of benzene rings is 2. The molecule has 0 fully saturated rings. The second-order valence-corrected chi connectivity index (χ2v) is 6.18. The monoisotopic (exact) mass is 442 g/mol. The number of amides is 1. The van der Waals surface area contributed by atoms with Gasteiger partial charge in [-0.05, 0) is 24.3 Å². The first kappa shape index (κ1) is 24.1. The summed E-state index contributed by atoms with van der Waals surface area (Å²) in [5.74, 6) is 1.22. The quantitative estimate of drug-likeness (QED) is 0.426. The van der Waals surface area contributed by atoms with Gasteiger partial charge in [0.1, 0.15) is 23.0 Å². The van der Waals surface area contributed by atoms with Crippen LogP contribution in [0.25, 0.3) is 6.08 Å². The Bertz CT molecular complexity index is 990. The minimum Gasteiger partial charge on any atom is -0.496 e. The molecule has 0 saturated heterocycles. The summed E-state index contributed by atoms with van der Waals surface area (Å²) in [4.78, 5) is 23.7. The minimum atomic E-state index is -0.504. The first-order chi connectivity index (χ1) is 15.4. The molecule has 0 spiro atoms. The van der Waals surface area contributed by atoms with Crippen LogP contribution < -0.4 is 29.6 Å². The lowest BCUT2D eigenvalue weighted by Gasteiger charge is -2.13. The van der Waals surface area contributed by atoms with Crippen molar-refractivity contribution in [2.24, 2.45) is 0 Å². The van der Waals surface area contributed by atoms with Crippen LogP contribution >= 0.6 is 0 Å². The summed E-state index contributed by atoms with van der Waals surface area (Å²) in [6.45, 7) is 0. The van der Waals surface area contributed by atoms with Crippen molar-refractivity contribution in [3.05, 3.63) is 54.2 Å². The predicted octanol–water partition coefficient (Wildman–Crippen LogP) is 3.47. The fourth-order valence-electron chi connectivity index (χ4n) is 2.71. The normalized spacial score (nSPS) is 10.7. The predicted molar refractivity (Wildman–Crippen MR) is 122 cm³/mol. The SMILES string of the molecule is COC(=O)/C=C/Nc1cc(NC(=O)/C=C/c2c(OC)cc(OC)cc2OC)ccc1OC. The van der Waals surface area contributed by atoms with Crippen molar-refractivity contribution >= 4 is 29.3 Å². The maximum Gasteiger partial charge on any atom is 0.331 e. The van der Waals surface area contributed by atoms with Gasteiger partial charge >= 0.3 is 5.97 Å². The first-order valence-corrected chi connectivity index (χ1v) is 9.43. The van der Waals surface area contributed by atoms with Gasteiger partial charge in [0.25, 0.3) is 0 Å². The fourth-order valence-corrected chi connectivity index (χ4v) is 2.71. The van der Waals surface area contributed by atoms with Crippen molar-refractivity contribution in [1.29, 1.82) is 0 Å². The molecule has 2 rings (SSSR count). The second-order valence-electron chi connectivity index (χ2n) is 6.18. The summed E-state index contributed by atoms with van der Waals surface area (Å²) < 4.78 is 25.8. The van der Waals surface area contributed by atoms with Crippen LogP contribution in [-0.2, 0) is 14.3 Å². The Hall–Kier alpha value is -4.14. The van der Waals surface area contributed by atoms with Crippen molar-refractivity contribution < 1.29 is 33.3 Å². The van der Waals surface area contributed by atoms with E-state index in [1.807, 2.05) is 0 Å². The Labute approximate surface area is 186 Å². The average Bonchev–Trinajstić information content (AvgIpc) is 2.82. The van der Waals surface area contributed by atoms with Crippen LogP contribution in [0.2, 0.25) is 0 Å². The number of hydrogen-bond donors (Lipinski definition) is 2. The van der Waals surface area contributed by atoms with E-state index >= 15 is 0 Å². The van der Waals surface area contributed by atoms with Crippen LogP contribution in [-0.4, -0.2) is 47.4 Å². The number of hydrogen-bond acceptors (Lipinski definition) is 8.